The number of thiophene rings is 1. The number of benzene rings is 1. The van der Waals surface area contributed by atoms with E-state index < -0.39 is 10.8 Å². The van der Waals surface area contributed by atoms with Crippen molar-refractivity contribution in [2.24, 2.45) is 0 Å². The fraction of sp³-hybridized carbons (Fsp3) is 0.294. The fourth-order valence-electron chi connectivity index (χ4n) is 3.26. The average molecular weight is 315 g/mol. The van der Waals surface area contributed by atoms with E-state index in [9.17, 15) is 4.21 Å². The molecule has 1 aromatic carbocycles. The third-order valence-electron chi connectivity index (χ3n) is 4.24. The first kappa shape index (κ1) is 13.4. The molecule has 2 aromatic rings. The Hall–Kier alpha value is -1.23. The molecule has 1 saturated heterocycles. The Morgan fingerprint density at radius 2 is 1.86 bits per heavy atom. The minimum absolute atomic E-state index is 0.638. The van der Waals surface area contributed by atoms with Crippen molar-refractivity contribution in [2.75, 3.05) is 13.1 Å². The highest BCUT2D eigenvalue weighted by Crippen LogP contribution is 2.41. The molecule has 0 aliphatic carbocycles. The van der Waals surface area contributed by atoms with Gasteiger partial charge in [0.25, 0.3) is 0 Å². The molecule has 108 valence electrons. The summed E-state index contributed by atoms with van der Waals surface area (Å²) in [5.41, 5.74) is 6.59. The molecule has 3 heterocycles. The van der Waals surface area contributed by atoms with Crippen LogP contribution >= 0.6 is 11.3 Å². The molecule has 4 heteroatoms. The average Bonchev–Trinajstić information content (AvgIpc) is 2.96. The zero-order valence-corrected chi connectivity index (χ0v) is 13.4. The van der Waals surface area contributed by atoms with E-state index in [1.165, 1.54) is 27.8 Å². The van der Waals surface area contributed by atoms with E-state index in [1.54, 1.807) is 11.3 Å². The second-order valence-electron chi connectivity index (χ2n) is 5.50. The minimum Gasteiger partial charge on any atom is -0.316 e. The van der Waals surface area contributed by atoms with E-state index in [-0.39, 0.29) is 0 Å². The monoisotopic (exact) mass is 315 g/mol. The maximum atomic E-state index is 12.6. The van der Waals surface area contributed by atoms with Crippen molar-refractivity contribution in [1.29, 1.82) is 0 Å². The number of hydrogen-bond donors (Lipinski definition) is 1. The summed E-state index contributed by atoms with van der Waals surface area (Å²) in [5.74, 6) is 0.638. The van der Waals surface area contributed by atoms with Crippen molar-refractivity contribution in [3.63, 3.8) is 0 Å². The van der Waals surface area contributed by atoms with Gasteiger partial charge in [-0.15, -0.1) is 11.3 Å². The molecule has 1 N–H and O–H groups in total. The summed E-state index contributed by atoms with van der Waals surface area (Å²) in [6.07, 6.45) is 2.18. The molecule has 0 saturated carbocycles. The Bertz CT molecular complexity index is 737. The van der Waals surface area contributed by atoms with E-state index >= 15 is 0 Å². The number of fused-ring (bicyclic) bond motifs is 2. The van der Waals surface area contributed by atoms with Gasteiger partial charge in [0, 0.05) is 5.56 Å². The van der Waals surface area contributed by atoms with Gasteiger partial charge in [-0.3, -0.25) is 4.21 Å². The van der Waals surface area contributed by atoms with Gasteiger partial charge in [0.15, 0.2) is 0 Å². The van der Waals surface area contributed by atoms with Gasteiger partial charge in [-0.1, -0.05) is 29.8 Å². The number of piperidine rings is 1. The highest BCUT2D eigenvalue weighted by Gasteiger charge is 2.26. The second-order valence-corrected chi connectivity index (χ2v) is 8.06. The molecule has 0 unspecified atom stereocenters. The Morgan fingerprint density at radius 1 is 1.05 bits per heavy atom. The van der Waals surface area contributed by atoms with Crippen LogP contribution in [0.4, 0.5) is 0 Å². The maximum Gasteiger partial charge on any atom is 0.0992 e. The van der Waals surface area contributed by atoms with E-state index in [4.69, 9.17) is 0 Å². The van der Waals surface area contributed by atoms with Gasteiger partial charge in [0.05, 0.1) is 20.8 Å². The van der Waals surface area contributed by atoms with Gasteiger partial charge in [0.1, 0.15) is 0 Å². The van der Waals surface area contributed by atoms with Crippen LogP contribution < -0.4 is 5.32 Å². The van der Waals surface area contributed by atoms with Gasteiger partial charge < -0.3 is 5.32 Å². The lowest BCUT2D eigenvalue weighted by Crippen LogP contribution is -2.23. The van der Waals surface area contributed by atoms with Crippen molar-refractivity contribution < 1.29 is 4.21 Å². The van der Waals surface area contributed by atoms with E-state index in [0.29, 0.717) is 5.75 Å². The molecule has 0 spiro atoms. The van der Waals surface area contributed by atoms with E-state index in [2.05, 4.69) is 41.0 Å². The minimum atomic E-state index is -0.919. The molecule has 0 radical (unpaired) electrons. The van der Waals surface area contributed by atoms with Crippen molar-refractivity contribution in [3.8, 4) is 0 Å². The molecule has 1 aromatic heterocycles. The highest BCUT2D eigenvalue weighted by atomic mass is 32.2. The van der Waals surface area contributed by atoms with Crippen molar-refractivity contribution in [3.05, 3.63) is 58.0 Å². The summed E-state index contributed by atoms with van der Waals surface area (Å²) in [7, 11) is -0.919. The first-order valence-corrected chi connectivity index (χ1v) is 9.52. The predicted molar refractivity (Wildman–Crippen MR) is 89.0 cm³/mol. The van der Waals surface area contributed by atoms with Crippen LogP contribution in [0.5, 0.6) is 0 Å². The molecule has 2 aliphatic rings. The smallest absolute Gasteiger partial charge is 0.0992 e. The molecule has 2 aliphatic heterocycles. The first-order valence-electron chi connectivity index (χ1n) is 7.32. The zero-order valence-electron chi connectivity index (χ0n) is 11.7. The Kier molecular flexibility index (Phi) is 3.53. The topological polar surface area (TPSA) is 29.1 Å². The summed E-state index contributed by atoms with van der Waals surface area (Å²) in [6.45, 7) is 2.09. The van der Waals surface area contributed by atoms with Crippen LogP contribution in [0, 0.1) is 0 Å². The van der Waals surface area contributed by atoms with Crippen LogP contribution in [0.25, 0.3) is 5.57 Å². The molecule has 1 atom stereocenters. The highest BCUT2D eigenvalue weighted by molar-refractivity contribution is 7.86. The van der Waals surface area contributed by atoms with Crippen LogP contribution in [0.3, 0.4) is 0 Å². The van der Waals surface area contributed by atoms with E-state index in [0.717, 1.165) is 30.1 Å². The molecule has 1 fully saturated rings. The van der Waals surface area contributed by atoms with Crippen LogP contribution in [0.2, 0.25) is 0 Å². The number of rotatable bonds is 0. The lowest BCUT2D eigenvalue weighted by atomic mass is 9.88. The van der Waals surface area contributed by atoms with Crippen molar-refractivity contribution >= 4 is 27.7 Å². The van der Waals surface area contributed by atoms with Crippen LogP contribution in [-0.4, -0.2) is 17.3 Å². The largest absolute Gasteiger partial charge is 0.316 e. The Labute approximate surface area is 131 Å². The quantitative estimate of drug-likeness (QED) is 0.805. The van der Waals surface area contributed by atoms with Crippen LogP contribution in [0.15, 0.2) is 45.5 Å². The van der Waals surface area contributed by atoms with Crippen LogP contribution in [0.1, 0.15) is 29.5 Å². The number of nitrogens with one attached hydrogen (secondary N) is 1. The first-order chi connectivity index (χ1) is 10.3. The summed E-state index contributed by atoms with van der Waals surface area (Å²) in [4.78, 5) is 0. The summed E-state index contributed by atoms with van der Waals surface area (Å²) in [5, 5.41) is 5.51. The fourth-order valence-corrected chi connectivity index (χ4v) is 5.74. The molecular weight excluding hydrogens is 298 g/mol. The third-order valence-corrected chi connectivity index (χ3v) is 7.00. The maximum absolute atomic E-state index is 12.6. The summed E-state index contributed by atoms with van der Waals surface area (Å²) < 4.78 is 13.7. The summed E-state index contributed by atoms with van der Waals surface area (Å²) in [6, 6.07) is 10.6. The Morgan fingerprint density at radius 3 is 2.71 bits per heavy atom. The SMILES string of the molecule is O=[S@]1Cc2ccccc2C(=C2CCNCC2)c2ccsc21. The van der Waals surface area contributed by atoms with E-state index in [1.807, 2.05) is 0 Å². The van der Waals surface area contributed by atoms with Gasteiger partial charge >= 0.3 is 0 Å². The van der Waals surface area contributed by atoms with Crippen molar-refractivity contribution in [2.45, 2.75) is 22.8 Å². The van der Waals surface area contributed by atoms with Gasteiger partial charge in [-0.2, -0.15) is 0 Å². The van der Waals surface area contributed by atoms with Gasteiger partial charge in [-0.25, -0.2) is 0 Å². The summed E-state index contributed by atoms with van der Waals surface area (Å²) >= 11 is 1.64. The molecule has 4 rings (SSSR count). The molecule has 21 heavy (non-hydrogen) atoms. The lowest BCUT2D eigenvalue weighted by Gasteiger charge is -2.21. The van der Waals surface area contributed by atoms with Crippen molar-refractivity contribution in [1.82, 2.24) is 5.32 Å². The van der Waals surface area contributed by atoms with Gasteiger partial charge in [0.2, 0.25) is 0 Å². The molecular formula is C17H17NOS2. The Balaban J connectivity index is 2.01. The van der Waals surface area contributed by atoms with Gasteiger partial charge in [-0.05, 0) is 54.1 Å². The zero-order chi connectivity index (χ0) is 14.2. The normalized spacial score (nSPS) is 21.6. The molecule has 0 bridgehead atoms. The molecule has 0 amide bonds. The van der Waals surface area contributed by atoms with Crippen LogP contribution in [-0.2, 0) is 16.6 Å². The predicted octanol–water partition coefficient (Wildman–Crippen LogP) is 3.55. The number of hydrogen-bond acceptors (Lipinski definition) is 3. The second kappa shape index (κ2) is 5.52. The third kappa shape index (κ3) is 2.31. The standard InChI is InChI=1S/C17H17NOS2/c19-21-11-13-3-1-2-4-14(13)16(12-5-8-18-9-6-12)15-7-10-20-17(15)21/h1-4,7,10,18H,5-6,8-9,11H2/t21-/m0/s1. The molecule has 2 nitrogen and oxygen atoms in total. The lowest BCUT2D eigenvalue weighted by molar-refractivity contribution is 0.611.